The van der Waals surface area contributed by atoms with Gasteiger partial charge in [0.05, 0.1) is 28.7 Å². The van der Waals surface area contributed by atoms with E-state index in [0.717, 1.165) is 5.56 Å². The highest BCUT2D eigenvalue weighted by Crippen LogP contribution is 2.31. The Labute approximate surface area is 166 Å². The van der Waals surface area contributed by atoms with Crippen molar-refractivity contribution in [2.24, 2.45) is 0 Å². The van der Waals surface area contributed by atoms with Crippen LogP contribution in [0.5, 0.6) is 11.5 Å². The van der Waals surface area contributed by atoms with Crippen molar-refractivity contribution in [3.8, 4) is 11.5 Å². The molecule has 0 saturated heterocycles. The minimum atomic E-state index is -0.537. The zero-order valence-electron chi connectivity index (χ0n) is 15.3. The first-order valence-electron chi connectivity index (χ1n) is 8.51. The summed E-state index contributed by atoms with van der Waals surface area (Å²) in [6.07, 6.45) is 0. The van der Waals surface area contributed by atoms with E-state index in [0.29, 0.717) is 29.2 Å². The molecule has 0 spiro atoms. The van der Waals surface area contributed by atoms with E-state index in [1.54, 1.807) is 6.07 Å². The standard InChI is InChI=1S/C19H21BrN2O5/c1-4-26-17-9-7-13(11-18(17)27-5-2)12(3)21-19(23)14-6-8-15(20)16(10-14)22(24)25/h6-12H,4-5H2,1-3H3,(H,21,23). The highest BCUT2D eigenvalue weighted by atomic mass is 79.9. The molecule has 7 nitrogen and oxygen atoms in total. The van der Waals surface area contributed by atoms with E-state index in [2.05, 4.69) is 21.2 Å². The first kappa shape index (κ1) is 20.7. The smallest absolute Gasteiger partial charge is 0.284 e. The van der Waals surface area contributed by atoms with Crippen LogP contribution in [0, 0.1) is 10.1 Å². The number of benzene rings is 2. The van der Waals surface area contributed by atoms with Crippen LogP contribution in [0.1, 0.15) is 42.7 Å². The van der Waals surface area contributed by atoms with Gasteiger partial charge in [-0.2, -0.15) is 0 Å². The van der Waals surface area contributed by atoms with Gasteiger partial charge in [0, 0.05) is 11.6 Å². The number of amides is 1. The average molecular weight is 437 g/mol. The Bertz CT molecular complexity index is 841. The van der Waals surface area contributed by atoms with Gasteiger partial charge in [0.15, 0.2) is 11.5 Å². The van der Waals surface area contributed by atoms with Crippen molar-refractivity contribution in [2.45, 2.75) is 26.8 Å². The third-order valence-electron chi connectivity index (χ3n) is 3.82. The molecule has 0 radical (unpaired) electrons. The molecular formula is C19H21BrN2O5. The Balaban J connectivity index is 2.20. The first-order valence-corrected chi connectivity index (χ1v) is 9.31. The normalized spacial score (nSPS) is 11.6. The molecule has 0 saturated carbocycles. The maximum absolute atomic E-state index is 12.5. The molecule has 1 N–H and O–H groups in total. The van der Waals surface area contributed by atoms with Crippen molar-refractivity contribution in [3.05, 3.63) is 62.1 Å². The molecule has 0 fully saturated rings. The summed E-state index contributed by atoms with van der Waals surface area (Å²) in [5, 5.41) is 13.9. The predicted molar refractivity (Wildman–Crippen MR) is 105 cm³/mol. The summed E-state index contributed by atoms with van der Waals surface area (Å²) in [5.41, 5.74) is 0.893. The quantitative estimate of drug-likeness (QED) is 0.480. The Hall–Kier alpha value is -2.61. The minimum absolute atomic E-state index is 0.157. The molecule has 2 rings (SSSR count). The predicted octanol–water partition coefficient (Wildman–Crippen LogP) is 4.65. The number of hydrogen-bond donors (Lipinski definition) is 1. The summed E-state index contributed by atoms with van der Waals surface area (Å²) in [5.74, 6) is 0.854. The van der Waals surface area contributed by atoms with Gasteiger partial charge in [-0.1, -0.05) is 6.07 Å². The molecule has 27 heavy (non-hydrogen) atoms. The number of nitrogens with one attached hydrogen (secondary N) is 1. The lowest BCUT2D eigenvalue weighted by molar-refractivity contribution is -0.385. The lowest BCUT2D eigenvalue weighted by Gasteiger charge is -2.17. The van der Waals surface area contributed by atoms with Crippen LogP contribution in [0.15, 0.2) is 40.9 Å². The largest absolute Gasteiger partial charge is 0.490 e. The summed E-state index contributed by atoms with van der Waals surface area (Å²) in [4.78, 5) is 23.0. The topological polar surface area (TPSA) is 90.7 Å². The van der Waals surface area contributed by atoms with Gasteiger partial charge >= 0.3 is 0 Å². The maximum Gasteiger partial charge on any atom is 0.284 e. The van der Waals surface area contributed by atoms with E-state index < -0.39 is 10.8 Å². The Morgan fingerprint density at radius 2 is 1.81 bits per heavy atom. The van der Waals surface area contributed by atoms with E-state index in [4.69, 9.17) is 9.47 Å². The van der Waals surface area contributed by atoms with Gasteiger partial charge < -0.3 is 14.8 Å². The van der Waals surface area contributed by atoms with E-state index in [1.807, 2.05) is 32.9 Å². The molecule has 0 bridgehead atoms. The second-order valence-electron chi connectivity index (χ2n) is 5.69. The maximum atomic E-state index is 12.5. The third kappa shape index (κ3) is 5.19. The second-order valence-corrected chi connectivity index (χ2v) is 6.54. The zero-order chi connectivity index (χ0) is 20.0. The van der Waals surface area contributed by atoms with Crippen molar-refractivity contribution in [2.75, 3.05) is 13.2 Å². The molecule has 2 aromatic carbocycles. The summed E-state index contributed by atoms with van der Waals surface area (Å²) in [6, 6.07) is 9.42. The Kier molecular flexibility index (Phi) is 7.18. The lowest BCUT2D eigenvalue weighted by atomic mass is 10.1. The highest BCUT2D eigenvalue weighted by molar-refractivity contribution is 9.10. The highest BCUT2D eigenvalue weighted by Gasteiger charge is 2.18. The van der Waals surface area contributed by atoms with Crippen LogP contribution in [-0.4, -0.2) is 24.0 Å². The van der Waals surface area contributed by atoms with Gasteiger partial charge in [0.2, 0.25) is 0 Å². The van der Waals surface area contributed by atoms with Crippen molar-refractivity contribution in [3.63, 3.8) is 0 Å². The molecule has 144 valence electrons. The monoisotopic (exact) mass is 436 g/mol. The van der Waals surface area contributed by atoms with Crippen LogP contribution in [0.3, 0.4) is 0 Å². The van der Waals surface area contributed by atoms with Crippen molar-refractivity contribution < 1.29 is 19.2 Å². The van der Waals surface area contributed by atoms with E-state index in [1.165, 1.54) is 18.2 Å². The number of hydrogen-bond acceptors (Lipinski definition) is 5. The van der Waals surface area contributed by atoms with Gasteiger partial charge in [0.25, 0.3) is 11.6 Å². The van der Waals surface area contributed by atoms with Gasteiger partial charge in [-0.25, -0.2) is 0 Å². The van der Waals surface area contributed by atoms with Crippen molar-refractivity contribution in [1.82, 2.24) is 5.32 Å². The van der Waals surface area contributed by atoms with Crippen LogP contribution in [0.2, 0.25) is 0 Å². The van der Waals surface area contributed by atoms with Gasteiger partial charge in [0.1, 0.15) is 0 Å². The molecule has 1 atom stereocenters. The number of carbonyl (C=O) groups excluding carboxylic acids is 1. The van der Waals surface area contributed by atoms with E-state index in [9.17, 15) is 14.9 Å². The molecule has 0 aromatic heterocycles. The fraction of sp³-hybridized carbons (Fsp3) is 0.316. The summed E-state index contributed by atoms with van der Waals surface area (Å²) < 4.78 is 11.5. The van der Waals surface area contributed by atoms with Gasteiger partial charge in [-0.3, -0.25) is 14.9 Å². The molecular weight excluding hydrogens is 416 g/mol. The first-order chi connectivity index (χ1) is 12.9. The molecule has 8 heteroatoms. The van der Waals surface area contributed by atoms with Crippen molar-refractivity contribution in [1.29, 1.82) is 0 Å². The average Bonchev–Trinajstić information content (AvgIpc) is 2.63. The molecule has 1 unspecified atom stereocenters. The number of nitro benzene ring substituents is 1. The molecule has 0 aliphatic carbocycles. The van der Waals surface area contributed by atoms with Crippen LogP contribution < -0.4 is 14.8 Å². The molecule has 2 aromatic rings. The fourth-order valence-corrected chi connectivity index (χ4v) is 2.89. The number of halogens is 1. The number of rotatable bonds is 8. The van der Waals surface area contributed by atoms with Gasteiger partial charge in [-0.15, -0.1) is 0 Å². The Morgan fingerprint density at radius 1 is 1.15 bits per heavy atom. The lowest BCUT2D eigenvalue weighted by Crippen LogP contribution is -2.26. The SMILES string of the molecule is CCOc1ccc(C(C)NC(=O)c2ccc(Br)c([N+](=O)[O-])c2)cc1OCC. The van der Waals surface area contributed by atoms with E-state index in [-0.39, 0.29) is 17.3 Å². The van der Waals surface area contributed by atoms with Crippen LogP contribution in [0.25, 0.3) is 0 Å². The summed E-state index contributed by atoms with van der Waals surface area (Å²) >= 11 is 3.11. The third-order valence-corrected chi connectivity index (χ3v) is 4.49. The summed E-state index contributed by atoms with van der Waals surface area (Å²) in [6.45, 7) is 6.62. The fourth-order valence-electron chi connectivity index (χ4n) is 2.49. The molecule has 0 aliphatic rings. The van der Waals surface area contributed by atoms with E-state index >= 15 is 0 Å². The van der Waals surface area contributed by atoms with Crippen LogP contribution in [0.4, 0.5) is 5.69 Å². The minimum Gasteiger partial charge on any atom is -0.490 e. The molecule has 0 aliphatic heterocycles. The Morgan fingerprint density at radius 3 is 2.44 bits per heavy atom. The second kappa shape index (κ2) is 9.36. The summed E-state index contributed by atoms with van der Waals surface area (Å²) in [7, 11) is 0. The van der Waals surface area contributed by atoms with Crippen molar-refractivity contribution >= 4 is 27.5 Å². The zero-order valence-corrected chi connectivity index (χ0v) is 16.9. The number of nitrogens with zero attached hydrogens (tertiary/aromatic N) is 1. The number of nitro groups is 1. The molecule has 0 heterocycles. The van der Waals surface area contributed by atoms with Gasteiger partial charge in [-0.05, 0) is 66.5 Å². The number of carbonyl (C=O) groups is 1. The number of ether oxygens (including phenoxy) is 2. The molecule has 1 amide bonds. The van der Waals surface area contributed by atoms with Crippen LogP contribution >= 0.6 is 15.9 Å². The van der Waals surface area contributed by atoms with Crippen LogP contribution in [-0.2, 0) is 0 Å².